The Kier molecular flexibility index (Phi) is 6.01. The van der Waals surface area contributed by atoms with Gasteiger partial charge >= 0.3 is 11.9 Å². The normalized spacial score (nSPS) is 15.3. The van der Waals surface area contributed by atoms with Gasteiger partial charge in [-0.2, -0.15) is 13.2 Å². The van der Waals surface area contributed by atoms with E-state index >= 15 is 0 Å². The van der Waals surface area contributed by atoms with Gasteiger partial charge < -0.3 is 10.2 Å². The highest BCUT2D eigenvalue weighted by Crippen LogP contribution is 2.31. The predicted octanol–water partition coefficient (Wildman–Crippen LogP) is 2.84. The minimum Gasteiger partial charge on any atom is -0.346 e. The maximum atomic E-state index is 13.3. The van der Waals surface area contributed by atoms with E-state index in [-0.39, 0.29) is 30.2 Å². The molecule has 3 aromatic rings. The van der Waals surface area contributed by atoms with Crippen molar-refractivity contribution in [2.45, 2.75) is 31.6 Å². The molecule has 0 saturated carbocycles. The molecule has 7 nitrogen and oxygen atoms in total. The van der Waals surface area contributed by atoms with E-state index in [1.54, 1.807) is 31.3 Å². The number of carbonyl (C=O) groups excluding carboxylic acids is 2. The van der Waals surface area contributed by atoms with Crippen molar-refractivity contribution in [3.63, 3.8) is 0 Å². The van der Waals surface area contributed by atoms with Crippen LogP contribution >= 0.6 is 0 Å². The van der Waals surface area contributed by atoms with Crippen molar-refractivity contribution in [3.05, 3.63) is 70.1 Å². The van der Waals surface area contributed by atoms with Crippen LogP contribution in [0.1, 0.15) is 30.0 Å². The van der Waals surface area contributed by atoms with Gasteiger partial charge in [-0.3, -0.25) is 18.7 Å². The Morgan fingerprint density at radius 2 is 1.82 bits per heavy atom. The van der Waals surface area contributed by atoms with Crippen LogP contribution in [0.25, 0.3) is 11.0 Å². The van der Waals surface area contributed by atoms with Crippen LogP contribution in [0.15, 0.2) is 53.3 Å². The molecule has 1 aliphatic heterocycles. The number of rotatable bonds is 6. The summed E-state index contributed by atoms with van der Waals surface area (Å²) in [6.07, 6.45) is -3.51. The second-order valence-corrected chi connectivity index (χ2v) is 8.10. The number of halogens is 3. The zero-order chi connectivity index (χ0) is 23.8. The number of imidazole rings is 1. The van der Waals surface area contributed by atoms with E-state index in [0.29, 0.717) is 30.4 Å². The van der Waals surface area contributed by atoms with E-state index < -0.39 is 23.7 Å². The van der Waals surface area contributed by atoms with Gasteiger partial charge in [0.25, 0.3) is 0 Å². The third-order valence-electron chi connectivity index (χ3n) is 5.88. The molecule has 1 N–H and O–H groups in total. The van der Waals surface area contributed by atoms with Gasteiger partial charge in [0.1, 0.15) is 6.54 Å². The molecule has 0 spiro atoms. The van der Waals surface area contributed by atoms with Crippen molar-refractivity contribution >= 4 is 22.8 Å². The Labute approximate surface area is 187 Å². The number of carbonyl (C=O) groups is 2. The van der Waals surface area contributed by atoms with Crippen molar-refractivity contribution in [3.8, 4) is 0 Å². The zero-order valence-electron chi connectivity index (χ0n) is 17.9. The molecule has 10 heteroatoms. The molecule has 33 heavy (non-hydrogen) atoms. The molecule has 2 heterocycles. The number of fused-ring (bicyclic) bond motifs is 1. The van der Waals surface area contributed by atoms with Gasteiger partial charge in [0.15, 0.2) is 0 Å². The Balaban J connectivity index is 1.62. The third-order valence-corrected chi connectivity index (χ3v) is 5.88. The molecule has 1 saturated heterocycles. The van der Waals surface area contributed by atoms with Gasteiger partial charge in [0.05, 0.1) is 22.6 Å². The lowest BCUT2D eigenvalue weighted by atomic mass is 10.0. The minimum absolute atomic E-state index is 0.0519. The van der Waals surface area contributed by atoms with Gasteiger partial charge in [-0.25, -0.2) is 4.79 Å². The lowest BCUT2D eigenvalue weighted by molar-refractivity contribution is -0.137. The number of likely N-dealkylation sites (tertiary alicyclic amines) is 1. The first-order valence-electron chi connectivity index (χ1n) is 10.5. The number of aryl methyl sites for hydroxylation is 1. The number of amides is 2. The topological polar surface area (TPSA) is 76.3 Å². The average molecular weight is 460 g/mol. The molecule has 0 aliphatic carbocycles. The molecular weight excluding hydrogens is 437 g/mol. The van der Waals surface area contributed by atoms with Crippen LogP contribution in [0.3, 0.4) is 0 Å². The molecule has 2 aromatic carbocycles. The maximum Gasteiger partial charge on any atom is 0.416 e. The molecule has 2 amide bonds. The van der Waals surface area contributed by atoms with Crippen molar-refractivity contribution in [1.82, 2.24) is 19.4 Å². The van der Waals surface area contributed by atoms with Crippen LogP contribution in [-0.4, -0.2) is 38.9 Å². The lowest BCUT2D eigenvalue weighted by Gasteiger charge is -2.26. The largest absolute Gasteiger partial charge is 0.416 e. The average Bonchev–Trinajstić information content (AvgIpc) is 3.29. The van der Waals surface area contributed by atoms with Crippen LogP contribution in [0.4, 0.5) is 13.2 Å². The number of nitrogens with one attached hydrogen (secondary N) is 1. The summed E-state index contributed by atoms with van der Waals surface area (Å²) in [5.74, 6) is -0.644. The van der Waals surface area contributed by atoms with Gasteiger partial charge in [0.2, 0.25) is 11.8 Å². The highest BCUT2D eigenvalue weighted by molar-refractivity contribution is 5.81. The number of alkyl halides is 3. The molecule has 1 fully saturated rings. The SMILES string of the molecule is Cn1c(=O)n(CC(=O)NC(CN2CCCC2=O)c2cccc(C(F)(F)F)c2)c2ccccc21. The van der Waals surface area contributed by atoms with Crippen LogP contribution in [0, 0.1) is 0 Å². The Morgan fingerprint density at radius 1 is 1.09 bits per heavy atom. The van der Waals surface area contributed by atoms with E-state index in [4.69, 9.17) is 0 Å². The second kappa shape index (κ2) is 8.76. The van der Waals surface area contributed by atoms with Crippen molar-refractivity contribution in [1.29, 1.82) is 0 Å². The minimum atomic E-state index is -4.54. The highest BCUT2D eigenvalue weighted by Gasteiger charge is 2.32. The summed E-state index contributed by atoms with van der Waals surface area (Å²) in [6.45, 7) is 0.229. The standard InChI is InChI=1S/C23H23F3N4O3/c1-28-18-8-2-3-9-19(18)30(22(28)33)14-20(31)27-17(13-29-11-5-10-21(29)32)15-6-4-7-16(12-15)23(24,25)26/h2-4,6-9,12,17H,5,10-11,13-14H2,1H3,(H,27,31). The van der Waals surface area contributed by atoms with E-state index in [9.17, 15) is 27.6 Å². The van der Waals surface area contributed by atoms with Gasteiger partial charge in [-0.1, -0.05) is 24.3 Å². The zero-order valence-corrected chi connectivity index (χ0v) is 17.9. The van der Waals surface area contributed by atoms with E-state index in [0.717, 1.165) is 12.1 Å². The Bertz CT molecular complexity index is 1260. The summed E-state index contributed by atoms with van der Waals surface area (Å²) in [6, 6.07) is 10.9. The number of benzene rings is 2. The third kappa shape index (κ3) is 4.64. The summed E-state index contributed by atoms with van der Waals surface area (Å²) in [7, 11) is 1.60. The first kappa shape index (κ1) is 22.6. The first-order chi connectivity index (χ1) is 15.6. The number of aromatic nitrogens is 2. The lowest BCUT2D eigenvalue weighted by Crippen LogP contribution is -2.41. The number of hydrogen-bond acceptors (Lipinski definition) is 3. The van der Waals surface area contributed by atoms with Gasteiger partial charge in [-0.05, 0) is 36.2 Å². The summed E-state index contributed by atoms with van der Waals surface area (Å²) >= 11 is 0. The van der Waals surface area contributed by atoms with Gasteiger partial charge in [-0.15, -0.1) is 0 Å². The van der Waals surface area contributed by atoms with E-state index in [1.165, 1.54) is 26.2 Å². The summed E-state index contributed by atoms with van der Waals surface area (Å²) < 4.78 is 42.5. The molecular formula is C23H23F3N4O3. The first-order valence-corrected chi connectivity index (χ1v) is 10.5. The fraction of sp³-hybridized carbons (Fsp3) is 0.348. The second-order valence-electron chi connectivity index (χ2n) is 8.10. The van der Waals surface area contributed by atoms with E-state index in [1.807, 2.05) is 0 Å². The summed E-state index contributed by atoms with van der Waals surface area (Å²) in [5.41, 5.74) is 0.259. The van der Waals surface area contributed by atoms with Crippen LogP contribution < -0.4 is 11.0 Å². The molecule has 1 unspecified atom stereocenters. The smallest absolute Gasteiger partial charge is 0.346 e. The Hall–Kier alpha value is -3.56. The molecule has 0 radical (unpaired) electrons. The van der Waals surface area contributed by atoms with Crippen LogP contribution in [-0.2, 0) is 29.4 Å². The number of nitrogens with zero attached hydrogens (tertiary/aromatic N) is 3. The van der Waals surface area contributed by atoms with Crippen LogP contribution in [0.2, 0.25) is 0 Å². The maximum absolute atomic E-state index is 13.3. The fourth-order valence-corrected chi connectivity index (χ4v) is 4.18. The quantitative estimate of drug-likeness (QED) is 0.615. The molecule has 4 rings (SSSR count). The predicted molar refractivity (Wildman–Crippen MR) is 115 cm³/mol. The van der Waals surface area contributed by atoms with Crippen molar-refractivity contribution in [2.24, 2.45) is 7.05 Å². The van der Waals surface area contributed by atoms with Crippen molar-refractivity contribution < 1.29 is 22.8 Å². The number of hydrogen-bond donors (Lipinski definition) is 1. The molecule has 174 valence electrons. The molecule has 1 aliphatic rings. The molecule has 1 aromatic heterocycles. The highest BCUT2D eigenvalue weighted by atomic mass is 19.4. The van der Waals surface area contributed by atoms with Crippen LogP contribution in [0.5, 0.6) is 0 Å². The monoisotopic (exact) mass is 460 g/mol. The Morgan fingerprint density at radius 3 is 2.48 bits per heavy atom. The van der Waals surface area contributed by atoms with Crippen molar-refractivity contribution in [2.75, 3.05) is 13.1 Å². The summed E-state index contributed by atoms with van der Waals surface area (Å²) in [4.78, 5) is 39.2. The fourth-order valence-electron chi connectivity index (χ4n) is 4.18. The van der Waals surface area contributed by atoms with Gasteiger partial charge in [0, 0.05) is 26.6 Å². The number of para-hydroxylation sites is 2. The molecule has 0 bridgehead atoms. The molecule has 1 atom stereocenters. The summed E-state index contributed by atoms with van der Waals surface area (Å²) in [5, 5.41) is 2.74. The van der Waals surface area contributed by atoms with E-state index in [2.05, 4.69) is 5.32 Å².